The second-order valence-electron chi connectivity index (χ2n) is 6.11. The molecule has 0 aromatic heterocycles. The Bertz CT molecular complexity index is 454. The van der Waals surface area contributed by atoms with Crippen LogP contribution in [-0.2, 0) is 4.74 Å². The molecule has 0 saturated carbocycles. The molecule has 0 N–H and O–H groups in total. The standard InChI is InChI=1S/C16H23NO3/c1-16(2,3)17(18)12-13-7-9-14(10-8-13)20-15-6-4-5-11-19-15/h7-10,12,15H,4-6,11H2,1-3H3. The van der Waals surface area contributed by atoms with Gasteiger partial charge in [-0.15, -0.1) is 0 Å². The van der Waals surface area contributed by atoms with Crippen molar-refractivity contribution < 1.29 is 14.2 Å². The molecule has 1 heterocycles. The molecule has 1 aliphatic rings. The molecule has 0 radical (unpaired) electrons. The predicted molar refractivity (Wildman–Crippen MR) is 79.2 cm³/mol. The van der Waals surface area contributed by atoms with Gasteiger partial charge in [-0.1, -0.05) is 0 Å². The molecule has 0 bridgehead atoms. The van der Waals surface area contributed by atoms with Gasteiger partial charge in [-0.3, -0.25) is 0 Å². The Kier molecular flexibility index (Phi) is 4.65. The van der Waals surface area contributed by atoms with E-state index in [1.807, 2.05) is 45.0 Å². The first-order chi connectivity index (χ1) is 9.45. The minimum Gasteiger partial charge on any atom is -0.623 e. The smallest absolute Gasteiger partial charge is 0.199 e. The maximum Gasteiger partial charge on any atom is 0.199 e. The minimum atomic E-state index is -0.425. The van der Waals surface area contributed by atoms with Crippen molar-refractivity contribution in [2.75, 3.05) is 6.61 Å². The first kappa shape index (κ1) is 14.9. The Labute approximate surface area is 120 Å². The van der Waals surface area contributed by atoms with Crippen LogP contribution >= 0.6 is 0 Å². The molecule has 20 heavy (non-hydrogen) atoms. The van der Waals surface area contributed by atoms with Crippen LogP contribution in [0.5, 0.6) is 5.75 Å². The highest BCUT2D eigenvalue weighted by atomic mass is 16.7. The van der Waals surface area contributed by atoms with Crippen molar-refractivity contribution in [1.82, 2.24) is 0 Å². The summed E-state index contributed by atoms with van der Waals surface area (Å²) in [6.45, 7) is 6.42. The molecular formula is C16H23NO3. The Morgan fingerprint density at radius 3 is 2.50 bits per heavy atom. The SMILES string of the molecule is CC(C)(C)[N+]([O-])=Cc1ccc(OC2CCCCO2)cc1. The van der Waals surface area contributed by atoms with Crippen LogP contribution in [0.3, 0.4) is 0 Å². The van der Waals surface area contributed by atoms with E-state index in [0.29, 0.717) is 0 Å². The van der Waals surface area contributed by atoms with Crippen molar-refractivity contribution in [3.8, 4) is 5.75 Å². The highest BCUT2D eigenvalue weighted by molar-refractivity contribution is 5.76. The number of benzene rings is 1. The average molecular weight is 277 g/mol. The van der Waals surface area contributed by atoms with Crippen LogP contribution in [0.15, 0.2) is 24.3 Å². The summed E-state index contributed by atoms with van der Waals surface area (Å²) in [5.74, 6) is 0.780. The summed E-state index contributed by atoms with van der Waals surface area (Å²) in [7, 11) is 0. The van der Waals surface area contributed by atoms with Gasteiger partial charge in [-0.05, 0) is 37.1 Å². The summed E-state index contributed by atoms with van der Waals surface area (Å²) >= 11 is 0. The number of hydroxylamine groups is 1. The summed E-state index contributed by atoms with van der Waals surface area (Å²) in [5.41, 5.74) is 0.442. The lowest BCUT2D eigenvalue weighted by molar-refractivity contribution is -0.530. The molecule has 0 aliphatic carbocycles. The van der Waals surface area contributed by atoms with Crippen LogP contribution in [0.4, 0.5) is 0 Å². The number of rotatable bonds is 3. The molecule has 0 spiro atoms. The quantitative estimate of drug-likeness (QED) is 0.368. The lowest BCUT2D eigenvalue weighted by atomic mass is 10.1. The zero-order valence-corrected chi connectivity index (χ0v) is 12.5. The van der Waals surface area contributed by atoms with E-state index >= 15 is 0 Å². The van der Waals surface area contributed by atoms with Crippen LogP contribution in [0, 0.1) is 5.21 Å². The molecule has 1 aromatic carbocycles. The van der Waals surface area contributed by atoms with Crippen molar-refractivity contribution in [1.29, 1.82) is 0 Å². The van der Waals surface area contributed by atoms with Gasteiger partial charge in [-0.25, -0.2) is 4.74 Å². The molecule has 1 aromatic rings. The topological polar surface area (TPSA) is 44.5 Å². The van der Waals surface area contributed by atoms with Crippen LogP contribution < -0.4 is 4.74 Å². The van der Waals surface area contributed by atoms with E-state index in [1.54, 1.807) is 6.21 Å². The molecular weight excluding hydrogens is 254 g/mol. The summed E-state index contributed by atoms with van der Waals surface area (Å²) in [5, 5.41) is 11.8. The number of hydrogen-bond acceptors (Lipinski definition) is 3. The molecule has 4 heteroatoms. The third-order valence-corrected chi connectivity index (χ3v) is 3.21. The second kappa shape index (κ2) is 6.27. The van der Waals surface area contributed by atoms with Crippen molar-refractivity contribution in [3.05, 3.63) is 35.0 Å². The fourth-order valence-electron chi connectivity index (χ4n) is 1.92. The lowest BCUT2D eigenvalue weighted by Crippen LogP contribution is -2.29. The minimum absolute atomic E-state index is 0.135. The largest absolute Gasteiger partial charge is 0.623 e. The van der Waals surface area contributed by atoms with Gasteiger partial charge in [0.15, 0.2) is 18.0 Å². The number of nitrogens with zero attached hydrogens (tertiary/aromatic N) is 1. The maximum absolute atomic E-state index is 11.8. The molecule has 1 aliphatic heterocycles. The molecule has 0 amide bonds. The zero-order chi connectivity index (χ0) is 14.6. The van der Waals surface area contributed by atoms with Crippen molar-refractivity contribution in [3.63, 3.8) is 0 Å². The monoisotopic (exact) mass is 277 g/mol. The van der Waals surface area contributed by atoms with E-state index in [-0.39, 0.29) is 6.29 Å². The fourth-order valence-corrected chi connectivity index (χ4v) is 1.92. The van der Waals surface area contributed by atoms with Crippen molar-refractivity contribution in [2.45, 2.75) is 51.9 Å². The van der Waals surface area contributed by atoms with Gasteiger partial charge in [0.05, 0.1) is 6.61 Å². The molecule has 1 saturated heterocycles. The van der Waals surface area contributed by atoms with E-state index in [2.05, 4.69) is 0 Å². The Morgan fingerprint density at radius 2 is 1.95 bits per heavy atom. The zero-order valence-electron chi connectivity index (χ0n) is 12.5. The Morgan fingerprint density at radius 1 is 1.25 bits per heavy atom. The third-order valence-electron chi connectivity index (χ3n) is 3.21. The molecule has 1 unspecified atom stereocenters. The van der Waals surface area contributed by atoms with Gasteiger partial charge in [0.2, 0.25) is 0 Å². The van der Waals surface area contributed by atoms with E-state index in [1.165, 1.54) is 0 Å². The van der Waals surface area contributed by atoms with Gasteiger partial charge in [0.1, 0.15) is 5.75 Å². The first-order valence-electron chi connectivity index (χ1n) is 7.15. The normalized spacial score (nSPS) is 20.8. The average Bonchev–Trinajstić information content (AvgIpc) is 2.41. The summed E-state index contributed by atoms with van der Waals surface area (Å²) in [6, 6.07) is 7.52. The van der Waals surface area contributed by atoms with Crippen LogP contribution in [0.2, 0.25) is 0 Å². The third kappa shape index (κ3) is 4.23. The Balaban J connectivity index is 1.99. The summed E-state index contributed by atoms with van der Waals surface area (Å²) in [4.78, 5) is 0. The van der Waals surface area contributed by atoms with Gasteiger partial charge in [0.25, 0.3) is 0 Å². The summed E-state index contributed by atoms with van der Waals surface area (Å²) < 4.78 is 12.3. The van der Waals surface area contributed by atoms with E-state index in [9.17, 15) is 5.21 Å². The Hall–Kier alpha value is -1.55. The number of ether oxygens (including phenoxy) is 2. The first-order valence-corrected chi connectivity index (χ1v) is 7.15. The molecule has 1 fully saturated rings. The second-order valence-corrected chi connectivity index (χ2v) is 6.11. The molecule has 2 rings (SSSR count). The van der Waals surface area contributed by atoms with Gasteiger partial charge >= 0.3 is 0 Å². The fraction of sp³-hybridized carbons (Fsp3) is 0.562. The number of hydrogen-bond donors (Lipinski definition) is 0. The van der Waals surface area contributed by atoms with Gasteiger partial charge < -0.3 is 14.7 Å². The van der Waals surface area contributed by atoms with Crippen molar-refractivity contribution >= 4 is 6.21 Å². The maximum atomic E-state index is 11.8. The van der Waals surface area contributed by atoms with E-state index in [4.69, 9.17) is 9.47 Å². The summed E-state index contributed by atoms with van der Waals surface area (Å²) in [6.07, 6.45) is 4.66. The highest BCUT2D eigenvalue weighted by Crippen LogP contribution is 2.19. The molecule has 4 nitrogen and oxygen atoms in total. The van der Waals surface area contributed by atoms with E-state index < -0.39 is 5.54 Å². The highest BCUT2D eigenvalue weighted by Gasteiger charge is 2.18. The molecule has 110 valence electrons. The van der Waals surface area contributed by atoms with Gasteiger partial charge in [-0.2, -0.15) is 0 Å². The van der Waals surface area contributed by atoms with Crippen LogP contribution in [0.1, 0.15) is 45.6 Å². The van der Waals surface area contributed by atoms with Crippen LogP contribution in [0.25, 0.3) is 0 Å². The lowest BCUT2D eigenvalue weighted by Gasteiger charge is -2.23. The predicted octanol–water partition coefficient (Wildman–Crippen LogP) is 3.32. The van der Waals surface area contributed by atoms with Crippen LogP contribution in [-0.4, -0.2) is 29.4 Å². The van der Waals surface area contributed by atoms with Gasteiger partial charge in [0, 0.05) is 32.8 Å². The van der Waals surface area contributed by atoms with Crippen molar-refractivity contribution in [2.24, 2.45) is 0 Å². The van der Waals surface area contributed by atoms with E-state index in [0.717, 1.165) is 41.9 Å². The molecule has 1 atom stereocenters.